The van der Waals surface area contributed by atoms with Crippen LogP contribution >= 0.6 is 0 Å². The second-order valence-corrected chi connectivity index (χ2v) is 1.86. The predicted molar refractivity (Wildman–Crippen MR) is 40.5 cm³/mol. The van der Waals surface area contributed by atoms with Gasteiger partial charge >= 0.3 is 5.97 Å². The third-order valence-electron chi connectivity index (χ3n) is 0.877. The average molecular weight is 162 g/mol. The Morgan fingerprint density at radius 1 is 1.36 bits per heavy atom. The topological polar surface area (TPSA) is 106 Å². The van der Waals surface area contributed by atoms with Crippen molar-refractivity contribution < 1.29 is 14.7 Å². The number of aliphatic carboxylic acids is 1. The Balaban J connectivity index is 0. The third kappa shape index (κ3) is 12.3. The number of hydrogen-bond donors (Lipinski definition) is 3. The van der Waals surface area contributed by atoms with E-state index >= 15 is 0 Å². The van der Waals surface area contributed by atoms with Gasteiger partial charge in [0.25, 0.3) is 0 Å². The van der Waals surface area contributed by atoms with E-state index in [4.69, 9.17) is 5.11 Å². The Labute approximate surface area is 65.3 Å². The van der Waals surface area contributed by atoms with E-state index in [1.54, 1.807) is 0 Å². The van der Waals surface area contributed by atoms with Gasteiger partial charge in [0.1, 0.15) is 12.2 Å². The highest BCUT2D eigenvalue weighted by Crippen LogP contribution is 1.92. The van der Waals surface area contributed by atoms with Gasteiger partial charge in [-0.1, -0.05) is 6.92 Å². The van der Waals surface area contributed by atoms with Gasteiger partial charge in [0.2, 0.25) is 0 Å². The van der Waals surface area contributed by atoms with E-state index < -0.39 is 5.97 Å². The highest BCUT2D eigenvalue weighted by Gasteiger charge is 2.04. The van der Waals surface area contributed by atoms with Gasteiger partial charge in [-0.3, -0.25) is 21.3 Å². The highest BCUT2D eigenvalue weighted by atomic mass is 16.4. The van der Waals surface area contributed by atoms with Gasteiger partial charge in [-0.25, -0.2) is 0 Å². The first-order valence-corrected chi connectivity index (χ1v) is 3.23. The largest absolute Gasteiger partial charge is 0.481 e. The molecule has 0 aliphatic heterocycles. The summed E-state index contributed by atoms with van der Waals surface area (Å²) in [4.78, 5) is 20.3. The number of carboxylic acid groups (broad SMARTS) is 1. The summed E-state index contributed by atoms with van der Waals surface area (Å²) in [6.45, 7) is 1.85. The van der Waals surface area contributed by atoms with Gasteiger partial charge in [0, 0.05) is 6.42 Å². The van der Waals surface area contributed by atoms with Crippen molar-refractivity contribution in [2.24, 2.45) is 11.7 Å². The van der Waals surface area contributed by atoms with Crippen molar-refractivity contribution in [2.75, 3.05) is 0 Å². The number of carbonyl (C=O) groups excluding carboxylic acids is 1. The fraction of sp³-hybridized carbons (Fsp3) is 0.667. The molecule has 0 spiro atoms. The van der Waals surface area contributed by atoms with Crippen molar-refractivity contribution in [2.45, 2.75) is 26.2 Å². The number of hydrazine groups is 1. The van der Waals surface area contributed by atoms with Crippen molar-refractivity contribution >= 4 is 11.8 Å². The fourth-order valence-electron chi connectivity index (χ4n) is 0.536. The number of carbonyl (C=O) groups is 2. The lowest BCUT2D eigenvalue weighted by atomic mass is 10.2. The predicted octanol–water partition coefficient (Wildman–Crippen LogP) is -0.351. The molecule has 0 unspecified atom stereocenters. The third-order valence-corrected chi connectivity index (χ3v) is 0.877. The molecule has 11 heavy (non-hydrogen) atoms. The van der Waals surface area contributed by atoms with Gasteiger partial charge in [-0.2, -0.15) is 0 Å². The monoisotopic (exact) mass is 162 g/mol. The van der Waals surface area contributed by atoms with Crippen LogP contribution in [0.1, 0.15) is 26.2 Å². The van der Waals surface area contributed by atoms with E-state index in [-0.39, 0.29) is 12.2 Å². The summed E-state index contributed by atoms with van der Waals surface area (Å²) < 4.78 is 0. The zero-order valence-electron chi connectivity index (χ0n) is 6.54. The molecule has 5 N–H and O–H groups in total. The van der Waals surface area contributed by atoms with Crippen molar-refractivity contribution in [3.8, 4) is 0 Å². The standard InChI is InChI=1S/C6H10O3.H4N2/c1-2-3-5(7)4-6(8)9;1-2/h2-4H2,1H3,(H,8,9);1-2H2. The van der Waals surface area contributed by atoms with Crippen LogP contribution in [0.15, 0.2) is 0 Å². The second-order valence-electron chi connectivity index (χ2n) is 1.86. The summed E-state index contributed by atoms with van der Waals surface area (Å²) in [6.07, 6.45) is 0.784. The molecule has 0 atom stereocenters. The Hall–Kier alpha value is -0.940. The number of ketones is 1. The minimum absolute atomic E-state index is 0.190. The lowest BCUT2D eigenvalue weighted by molar-refractivity contribution is -0.140. The van der Waals surface area contributed by atoms with Crippen molar-refractivity contribution in [1.82, 2.24) is 0 Å². The maximum atomic E-state index is 10.5. The van der Waals surface area contributed by atoms with Crippen LogP contribution in [0.3, 0.4) is 0 Å². The van der Waals surface area contributed by atoms with Gasteiger partial charge in [-0.15, -0.1) is 0 Å². The molecule has 0 aliphatic carbocycles. The maximum Gasteiger partial charge on any atom is 0.310 e. The van der Waals surface area contributed by atoms with E-state index in [9.17, 15) is 9.59 Å². The molecule has 66 valence electrons. The Kier molecular flexibility index (Phi) is 10.5. The first-order valence-electron chi connectivity index (χ1n) is 3.23. The number of rotatable bonds is 4. The molecule has 0 aromatic carbocycles. The van der Waals surface area contributed by atoms with Gasteiger partial charge < -0.3 is 5.11 Å². The van der Waals surface area contributed by atoms with Crippen LogP contribution in [0.2, 0.25) is 0 Å². The smallest absolute Gasteiger partial charge is 0.310 e. The summed E-state index contributed by atoms with van der Waals surface area (Å²) in [5, 5.41) is 8.09. The molecule has 5 nitrogen and oxygen atoms in total. The van der Waals surface area contributed by atoms with Crippen LogP contribution in [0.4, 0.5) is 0 Å². The summed E-state index contributed by atoms with van der Waals surface area (Å²) in [6, 6.07) is 0. The minimum Gasteiger partial charge on any atom is -0.481 e. The van der Waals surface area contributed by atoms with Crippen LogP contribution in [-0.2, 0) is 9.59 Å². The molecule has 0 bridgehead atoms. The molecule has 0 fully saturated rings. The van der Waals surface area contributed by atoms with E-state index in [0.717, 1.165) is 6.42 Å². The molecule has 0 aromatic heterocycles. The maximum absolute atomic E-state index is 10.5. The molecule has 0 amide bonds. The molecule has 0 aromatic rings. The van der Waals surface area contributed by atoms with Gasteiger partial charge in [0.05, 0.1) is 0 Å². The summed E-state index contributed by atoms with van der Waals surface area (Å²) >= 11 is 0. The summed E-state index contributed by atoms with van der Waals surface area (Å²) in [5.74, 6) is 6.78. The van der Waals surface area contributed by atoms with Crippen LogP contribution in [-0.4, -0.2) is 16.9 Å². The lowest BCUT2D eigenvalue weighted by Crippen LogP contribution is -2.05. The quantitative estimate of drug-likeness (QED) is 0.297. The van der Waals surface area contributed by atoms with Gasteiger partial charge in [0.15, 0.2) is 0 Å². The Bertz CT molecular complexity index is 125. The first-order chi connectivity index (χ1) is 5.16. The molecule has 0 saturated carbocycles. The van der Waals surface area contributed by atoms with E-state index in [0.29, 0.717) is 6.42 Å². The summed E-state index contributed by atoms with van der Waals surface area (Å²) in [5.41, 5.74) is 0. The van der Waals surface area contributed by atoms with Gasteiger partial charge in [-0.05, 0) is 6.42 Å². The second kappa shape index (κ2) is 9.06. The Morgan fingerprint density at radius 2 is 1.82 bits per heavy atom. The number of carboxylic acids is 1. The average Bonchev–Trinajstić information content (AvgIpc) is 1.91. The van der Waals surface area contributed by atoms with Crippen molar-refractivity contribution in [3.05, 3.63) is 0 Å². The molecule has 0 saturated heterocycles. The number of hydrogen-bond acceptors (Lipinski definition) is 4. The van der Waals surface area contributed by atoms with Crippen LogP contribution in [0.5, 0.6) is 0 Å². The molecule has 0 heterocycles. The van der Waals surface area contributed by atoms with E-state index in [2.05, 4.69) is 11.7 Å². The normalized spacial score (nSPS) is 7.91. The molecule has 0 rings (SSSR count). The minimum atomic E-state index is -1.03. The van der Waals surface area contributed by atoms with E-state index in [1.807, 2.05) is 6.92 Å². The molecular weight excluding hydrogens is 148 g/mol. The summed E-state index contributed by atoms with van der Waals surface area (Å²) in [7, 11) is 0. The van der Waals surface area contributed by atoms with Crippen molar-refractivity contribution in [1.29, 1.82) is 0 Å². The van der Waals surface area contributed by atoms with Crippen molar-refractivity contribution in [3.63, 3.8) is 0 Å². The molecule has 5 heteroatoms. The number of Topliss-reactive ketones (excluding diaryl/α,β-unsaturated/α-hetero) is 1. The fourth-order valence-corrected chi connectivity index (χ4v) is 0.536. The van der Waals surface area contributed by atoms with Crippen LogP contribution in [0.25, 0.3) is 0 Å². The molecule has 0 radical (unpaired) electrons. The Morgan fingerprint density at radius 3 is 2.09 bits per heavy atom. The zero-order valence-corrected chi connectivity index (χ0v) is 6.54. The SMILES string of the molecule is CCCC(=O)CC(=O)O.NN. The zero-order chi connectivity index (χ0) is 9.28. The highest BCUT2D eigenvalue weighted by molar-refractivity contribution is 5.94. The number of nitrogens with two attached hydrogens (primary N) is 2. The van der Waals surface area contributed by atoms with E-state index in [1.165, 1.54) is 0 Å². The molecular formula is C6H14N2O3. The first kappa shape index (κ1) is 12.7. The lowest BCUT2D eigenvalue weighted by Gasteiger charge is -1.90. The molecule has 0 aliphatic rings. The van der Waals surface area contributed by atoms with Crippen LogP contribution < -0.4 is 11.7 Å². The van der Waals surface area contributed by atoms with Crippen LogP contribution in [0, 0.1) is 0 Å².